The highest BCUT2D eigenvalue weighted by Crippen LogP contribution is 2.64. The molecule has 4 heteroatoms. The van der Waals surface area contributed by atoms with E-state index in [0.29, 0.717) is 22.1 Å². The predicted octanol–water partition coefficient (Wildman–Crippen LogP) is 5.79. The third-order valence-electron chi connectivity index (χ3n) is 9.75. The fourth-order valence-electron chi connectivity index (χ4n) is 8.09. The van der Waals surface area contributed by atoms with Gasteiger partial charge >= 0.3 is 0 Å². The zero-order valence-corrected chi connectivity index (χ0v) is 19.9. The standard InChI is InChI=1S/C27H38O3S/c1-26(28)15-12-22-19(18-26)8-10-24-23(22)13-16-27(2)20(9-11-25(24)27)14-17-31(29,30)21-6-4-3-5-7-21/h3-8,20,22-25,28H,9-18H2,1-2H3/t20-,22+,23?,24-,25?,26?,27-/m1/s1. The Hall–Kier alpha value is -1.13. The normalized spacial score (nSPS) is 42.3. The van der Waals surface area contributed by atoms with E-state index in [1.165, 1.54) is 37.7 Å². The van der Waals surface area contributed by atoms with Crippen molar-refractivity contribution in [1.29, 1.82) is 0 Å². The Labute approximate surface area is 188 Å². The number of benzene rings is 1. The van der Waals surface area contributed by atoms with Gasteiger partial charge in [0.15, 0.2) is 9.84 Å². The van der Waals surface area contributed by atoms with Crippen LogP contribution in [-0.2, 0) is 9.84 Å². The lowest BCUT2D eigenvalue weighted by Crippen LogP contribution is -2.47. The highest BCUT2D eigenvalue weighted by Gasteiger charge is 2.56. The van der Waals surface area contributed by atoms with Gasteiger partial charge in [-0.15, -0.1) is 0 Å². The lowest BCUT2D eigenvalue weighted by atomic mass is 9.51. The molecule has 0 radical (unpaired) electrons. The molecule has 31 heavy (non-hydrogen) atoms. The molecule has 0 heterocycles. The smallest absolute Gasteiger partial charge is 0.178 e. The van der Waals surface area contributed by atoms with Crippen molar-refractivity contribution in [3.63, 3.8) is 0 Å². The monoisotopic (exact) mass is 442 g/mol. The van der Waals surface area contributed by atoms with Gasteiger partial charge in [-0.05, 0) is 112 Å². The number of aliphatic hydroxyl groups is 1. The Bertz CT molecular complexity index is 948. The summed E-state index contributed by atoms with van der Waals surface area (Å²) in [6, 6.07) is 8.96. The first-order valence-corrected chi connectivity index (χ1v) is 14.0. The van der Waals surface area contributed by atoms with Crippen LogP contribution in [0.1, 0.15) is 71.6 Å². The molecule has 4 aliphatic carbocycles. The Morgan fingerprint density at radius 2 is 1.77 bits per heavy atom. The number of hydrogen-bond acceptors (Lipinski definition) is 3. The summed E-state index contributed by atoms with van der Waals surface area (Å²) in [6.07, 6.45) is 12.4. The van der Waals surface area contributed by atoms with Crippen molar-refractivity contribution in [3.8, 4) is 0 Å². The molecule has 5 rings (SSSR count). The van der Waals surface area contributed by atoms with E-state index in [1.54, 1.807) is 12.1 Å². The molecule has 1 aromatic rings. The first-order chi connectivity index (χ1) is 14.7. The van der Waals surface area contributed by atoms with Crippen LogP contribution in [0, 0.1) is 35.0 Å². The Kier molecular flexibility index (Phi) is 5.41. The molecule has 170 valence electrons. The second-order valence-electron chi connectivity index (χ2n) is 11.5. The summed E-state index contributed by atoms with van der Waals surface area (Å²) in [6.45, 7) is 4.48. The Morgan fingerprint density at radius 3 is 2.55 bits per heavy atom. The summed E-state index contributed by atoms with van der Waals surface area (Å²) in [4.78, 5) is 0.469. The topological polar surface area (TPSA) is 54.4 Å². The van der Waals surface area contributed by atoms with Crippen LogP contribution in [0.3, 0.4) is 0 Å². The summed E-state index contributed by atoms with van der Waals surface area (Å²) >= 11 is 0. The van der Waals surface area contributed by atoms with Crippen molar-refractivity contribution in [1.82, 2.24) is 0 Å². The second-order valence-corrected chi connectivity index (χ2v) is 13.6. The number of fused-ring (bicyclic) bond motifs is 5. The molecule has 7 atom stereocenters. The molecule has 0 bridgehead atoms. The molecule has 0 saturated heterocycles. The van der Waals surface area contributed by atoms with Crippen molar-refractivity contribution in [3.05, 3.63) is 42.0 Å². The number of hydrogen-bond donors (Lipinski definition) is 1. The average Bonchev–Trinajstić information content (AvgIpc) is 3.08. The van der Waals surface area contributed by atoms with Crippen LogP contribution in [0.15, 0.2) is 46.9 Å². The first kappa shape index (κ1) is 21.7. The van der Waals surface area contributed by atoms with E-state index < -0.39 is 15.4 Å². The maximum atomic E-state index is 12.9. The highest BCUT2D eigenvalue weighted by atomic mass is 32.2. The third-order valence-corrected chi connectivity index (χ3v) is 11.5. The summed E-state index contributed by atoms with van der Waals surface area (Å²) in [5.41, 5.74) is 1.31. The van der Waals surface area contributed by atoms with Crippen LogP contribution in [0.2, 0.25) is 0 Å². The molecule has 0 aromatic heterocycles. The number of allylic oxidation sites excluding steroid dienone is 1. The third kappa shape index (κ3) is 3.82. The van der Waals surface area contributed by atoms with E-state index in [-0.39, 0.29) is 5.75 Å². The van der Waals surface area contributed by atoms with Gasteiger partial charge in [-0.25, -0.2) is 8.42 Å². The maximum Gasteiger partial charge on any atom is 0.178 e. The molecule has 1 N–H and O–H groups in total. The molecule has 3 unspecified atom stereocenters. The zero-order valence-electron chi connectivity index (χ0n) is 19.1. The van der Waals surface area contributed by atoms with Gasteiger partial charge in [-0.2, -0.15) is 0 Å². The van der Waals surface area contributed by atoms with Crippen LogP contribution >= 0.6 is 0 Å². The first-order valence-electron chi connectivity index (χ1n) is 12.4. The lowest BCUT2D eigenvalue weighted by molar-refractivity contribution is -0.0332. The van der Waals surface area contributed by atoms with Gasteiger partial charge in [0.2, 0.25) is 0 Å². The SMILES string of the molecule is CC1(O)CC[C@H]2C(=CC[C@@H]3C2CC[C@@]2(C)C3CC[C@@H]2CCS(=O)(=O)c2ccccc2)C1. The van der Waals surface area contributed by atoms with E-state index >= 15 is 0 Å². The quantitative estimate of drug-likeness (QED) is 0.601. The van der Waals surface area contributed by atoms with Crippen molar-refractivity contribution in [2.45, 2.75) is 82.1 Å². The summed E-state index contributed by atoms with van der Waals surface area (Å²) in [5, 5.41) is 10.6. The van der Waals surface area contributed by atoms with E-state index in [9.17, 15) is 13.5 Å². The molecule has 3 saturated carbocycles. The number of rotatable bonds is 4. The maximum absolute atomic E-state index is 12.9. The molecule has 0 aliphatic heterocycles. The highest BCUT2D eigenvalue weighted by molar-refractivity contribution is 7.91. The number of sulfone groups is 1. The molecular weight excluding hydrogens is 404 g/mol. The molecule has 0 amide bonds. The fourth-order valence-corrected chi connectivity index (χ4v) is 9.49. The Balaban J connectivity index is 1.30. The van der Waals surface area contributed by atoms with Crippen molar-refractivity contribution < 1.29 is 13.5 Å². The molecule has 3 fully saturated rings. The molecule has 0 spiro atoms. The van der Waals surface area contributed by atoms with Gasteiger partial charge in [0.05, 0.1) is 16.2 Å². The molecular formula is C27H38O3S. The van der Waals surface area contributed by atoms with Crippen molar-refractivity contribution in [2.24, 2.45) is 35.0 Å². The minimum atomic E-state index is -3.20. The zero-order chi connectivity index (χ0) is 21.9. The minimum absolute atomic E-state index is 0.278. The Morgan fingerprint density at radius 1 is 1.00 bits per heavy atom. The van der Waals surface area contributed by atoms with Gasteiger partial charge in [0, 0.05) is 0 Å². The summed E-state index contributed by atoms with van der Waals surface area (Å²) in [7, 11) is -3.20. The largest absolute Gasteiger partial charge is 0.390 e. The van der Waals surface area contributed by atoms with Crippen molar-refractivity contribution in [2.75, 3.05) is 5.75 Å². The van der Waals surface area contributed by atoms with E-state index in [0.717, 1.165) is 43.4 Å². The minimum Gasteiger partial charge on any atom is -0.390 e. The van der Waals surface area contributed by atoms with Crippen LogP contribution in [0.5, 0.6) is 0 Å². The van der Waals surface area contributed by atoms with E-state index in [4.69, 9.17) is 0 Å². The van der Waals surface area contributed by atoms with E-state index in [1.807, 2.05) is 25.1 Å². The molecule has 4 aliphatic rings. The second kappa shape index (κ2) is 7.73. The van der Waals surface area contributed by atoms with Crippen LogP contribution in [0.4, 0.5) is 0 Å². The van der Waals surface area contributed by atoms with E-state index in [2.05, 4.69) is 13.0 Å². The van der Waals surface area contributed by atoms with Crippen molar-refractivity contribution >= 4 is 9.84 Å². The van der Waals surface area contributed by atoms with Gasteiger partial charge < -0.3 is 5.11 Å². The lowest BCUT2D eigenvalue weighted by Gasteiger charge is -2.54. The van der Waals surface area contributed by atoms with Gasteiger partial charge in [0.25, 0.3) is 0 Å². The summed E-state index contributed by atoms with van der Waals surface area (Å²) in [5.74, 6) is 3.75. The average molecular weight is 443 g/mol. The summed E-state index contributed by atoms with van der Waals surface area (Å²) < 4.78 is 25.7. The van der Waals surface area contributed by atoms with Gasteiger partial charge in [-0.1, -0.05) is 36.8 Å². The molecule has 1 aromatic carbocycles. The van der Waals surface area contributed by atoms with Crippen LogP contribution in [0.25, 0.3) is 0 Å². The van der Waals surface area contributed by atoms with Gasteiger partial charge in [-0.3, -0.25) is 0 Å². The predicted molar refractivity (Wildman–Crippen MR) is 124 cm³/mol. The van der Waals surface area contributed by atoms with Crippen LogP contribution < -0.4 is 0 Å². The van der Waals surface area contributed by atoms with Crippen LogP contribution in [-0.4, -0.2) is 24.9 Å². The molecule has 3 nitrogen and oxygen atoms in total. The van der Waals surface area contributed by atoms with Gasteiger partial charge in [0.1, 0.15) is 0 Å². The fraction of sp³-hybridized carbons (Fsp3) is 0.704.